The highest BCUT2D eigenvalue weighted by Gasteiger charge is 2.36. The zero-order valence-electron chi connectivity index (χ0n) is 12.8. The smallest absolute Gasteiger partial charge is 0.0269 e. The Labute approximate surface area is 127 Å². The summed E-state index contributed by atoms with van der Waals surface area (Å²) in [5.74, 6) is 0.572. The molecule has 0 saturated carbocycles. The van der Waals surface area contributed by atoms with Crippen LogP contribution in [0.4, 0.5) is 0 Å². The van der Waals surface area contributed by atoms with Gasteiger partial charge in [0.15, 0.2) is 0 Å². The summed E-state index contributed by atoms with van der Waals surface area (Å²) in [6, 6.07) is 21.5. The van der Waals surface area contributed by atoms with Crippen LogP contribution < -0.4 is 0 Å². The van der Waals surface area contributed by atoms with E-state index in [9.17, 15) is 0 Å². The fourth-order valence-electron chi connectivity index (χ4n) is 3.25. The second kappa shape index (κ2) is 6.13. The highest BCUT2D eigenvalue weighted by atomic mass is 14.4. The molecule has 0 bridgehead atoms. The Hall–Kier alpha value is -2.08. The van der Waals surface area contributed by atoms with Crippen molar-refractivity contribution in [3.05, 3.63) is 82.9 Å². The van der Waals surface area contributed by atoms with Crippen molar-refractivity contribution in [1.29, 1.82) is 0 Å². The lowest BCUT2D eigenvalue weighted by Gasteiger charge is -2.10. The predicted molar refractivity (Wildman–Crippen MR) is 91.9 cm³/mol. The highest BCUT2D eigenvalue weighted by molar-refractivity contribution is 5.89. The molecule has 0 fully saturated rings. The maximum atomic E-state index is 2.36. The quantitative estimate of drug-likeness (QED) is 0.465. The Kier molecular flexibility index (Phi) is 4.06. The average Bonchev–Trinajstić information content (AvgIpc) is 3.27. The third-order valence-electron chi connectivity index (χ3n) is 4.33. The maximum absolute atomic E-state index is 2.36. The van der Waals surface area contributed by atoms with Crippen molar-refractivity contribution in [3.8, 4) is 0 Å². The van der Waals surface area contributed by atoms with Gasteiger partial charge in [0.1, 0.15) is 0 Å². The molecule has 0 nitrogen and oxygen atoms in total. The van der Waals surface area contributed by atoms with E-state index in [1.165, 1.54) is 29.5 Å². The molecule has 0 heterocycles. The Bertz CT molecular complexity index is 646. The number of hydrogen-bond acceptors (Lipinski definition) is 0. The van der Waals surface area contributed by atoms with E-state index in [1.54, 1.807) is 11.1 Å². The zero-order valence-corrected chi connectivity index (χ0v) is 12.8. The van der Waals surface area contributed by atoms with Gasteiger partial charge in [-0.15, -0.1) is 0 Å². The van der Waals surface area contributed by atoms with Crippen LogP contribution in [0.15, 0.2) is 71.8 Å². The van der Waals surface area contributed by atoms with Gasteiger partial charge in [0.25, 0.3) is 0 Å². The topological polar surface area (TPSA) is 0 Å². The first kappa shape index (κ1) is 13.9. The minimum absolute atomic E-state index is 0.572. The molecule has 1 aliphatic rings. The largest absolute Gasteiger partial charge is 0.0622 e. The molecule has 2 aromatic carbocycles. The van der Waals surface area contributed by atoms with E-state index in [0.29, 0.717) is 5.92 Å². The average molecular weight is 274 g/mol. The Morgan fingerprint density at radius 3 is 1.86 bits per heavy atom. The van der Waals surface area contributed by atoms with E-state index >= 15 is 0 Å². The molecule has 0 saturated heterocycles. The van der Waals surface area contributed by atoms with Crippen molar-refractivity contribution in [2.24, 2.45) is 5.92 Å². The third kappa shape index (κ3) is 2.85. The van der Waals surface area contributed by atoms with Crippen LogP contribution >= 0.6 is 0 Å². The molecule has 2 aromatic rings. The molecule has 0 unspecified atom stereocenters. The number of allylic oxidation sites excluding steroid dienone is 3. The second-order valence-corrected chi connectivity index (χ2v) is 5.57. The van der Waals surface area contributed by atoms with Gasteiger partial charge in [0.2, 0.25) is 0 Å². The summed E-state index contributed by atoms with van der Waals surface area (Å²) in [6.07, 6.45) is 4.71. The van der Waals surface area contributed by atoms with Crippen LogP contribution in [0.3, 0.4) is 0 Å². The van der Waals surface area contributed by atoms with Crippen molar-refractivity contribution in [2.45, 2.75) is 26.7 Å². The van der Waals surface area contributed by atoms with Gasteiger partial charge < -0.3 is 0 Å². The summed E-state index contributed by atoms with van der Waals surface area (Å²) in [4.78, 5) is 0. The fraction of sp³-hybridized carbons (Fsp3) is 0.238. The zero-order chi connectivity index (χ0) is 14.7. The van der Waals surface area contributed by atoms with Gasteiger partial charge >= 0.3 is 0 Å². The molecule has 0 amide bonds. The fourth-order valence-corrected chi connectivity index (χ4v) is 3.25. The molecule has 1 aliphatic carbocycles. The molecule has 21 heavy (non-hydrogen) atoms. The van der Waals surface area contributed by atoms with Crippen LogP contribution in [0.1, 0.15) is 37.8 Å². The van der Waals surface area contributed by atoms with Crippen molar-refractivity contribution >= 4 is 11.6 Å². The van der Waals surface area contributed by atoms with E-state index in [2.05, 4.69) is 80.6 Å². The first-order valence-corrected chi connectivity index (χ1v) is 7.89. The van der Waals surface area contributed by atoms with E-state index in [-0.39, 0.29) is 0 Å². The first-order valence-electron chi connectivity index (χ1n) is 7.89. The lowest BCUT2D eigenvalue weighted by molar-refractivity contribution is 1.02. The molecule has 0 aliphatic heterocycles. The van der Waals surface area contributed by atoms with Crippen molar-refractivity contribution < 1.29 is 0 Å². The summed E-state index contributed by atoms with van der Waals surface area (Å²) in [7, 11) is 0. The van der Waals surface area contributed by atoms with Crippen molar-refractivity contribution in [3.63, 3.8) is 0 Å². The summed E-state index contributed by atoms with van der Waals surface area (Å²) in [6.45, 7) is 4.55. The highest BCUT2D eigenvalue weighted by Crippen LogP contribution is 2.52. The lowest BCUT2D eigenvalue weighted by Crippen LogP contribution is -1.92. The normalized spacial score (nSPS) is 15.4. The van der Waals surface area contributed by atoms with Gasteiger partial charge in [0.05, 0.1) is 0 Å². The van der Waals surface area contributed by atoms with Crippen LogP contribution in [-0.2, 0) is 0 Å². The molecule has 0 N–H and O–H groups in total. The maximum Gasteiger partial charge on any atom is 0.0269 e. The van der Waals surface area contributed by atoms with E-state index in [1.807, 2.05) is 0 Å². The number of rotatable bonds is 5. The van der Waals surface area contributed by atoms with Crippen LogP contribution in [0, 0.1) is 5.92 Å². The molecular formula is C21H22. The lowest BCUT2D eigenvalue weighted by atomic mass is 9.94. The van der Waals surface area contributed by atoms with Gasteiger partial charge in [-0.25, -0.2) is 0 Å². The third-order valence-corrected chi connectivity index (χ3v) is 4.33. The molecular weight excluding hydrogens is 252 g/mol. The van der Waals surface area contributed by atoms with Gasteiger partial charge in [-0.2, -0.15) is 0 Å². The molecule has 3 rings (SSSR count). The SMILES string of the molecule is CCC1=C(CC)C1/C(=C/c1ccccc1)c1ccccc1. The Balaban J connectivity index is 2.00. The summed E-state index contributed by atoms with van der Waals surface area (Å²) in [5.41, 5.74) is 7.37. The Morgan fingerprint density at radius 2 is 1.33 bits per heavy atom. The number of benzene rings is 2. The summed E-state index contributed by atoms with van der Waals surface area (Å²) >= 11 is 0. The van der Waals surface area contributed by atoms with Gasteiger partial charge in [0, 0.05) is 5.92 Å². The van der Waals surface area contributed by atoms with Crippen LogP contribution in [0.5, 0.6) is 0 Å². The van der Waals surface area contributed by atoms with Crippen LogP contribution in [-0.4, -0.2) is 0 Å². The molecule has 0 heteroatoms. The van der Waals surface area contributed by atoms with Crippen LogP contribution in [0.2, 0.25) is 0 Å². The molecule has 0 radical (unpaired) electrons. The monoisotopic (exact) mass is 274 g/mol. The molecule has 0 atom stereocenters. The molecule has 0 aromatic heterocycles. The van der Waals surface area contributed by atoms with E-state index in [4.69, 9.17) is 0 Å². The minimum atomic E-state index is 0.572. The van der Waals surface area contributed by atoms with Gasteiger partial charge in [-0.1, -0.05) is 91.7 Å². The second-order valence-electron chi connectivity index (χ2n) is 5.57. The van der Waals surface area contributed by atoms with Crippen LogP contribution in [0.25, 0.3) is 11.6 Å². The first-order chi connectivity index (χ1) is 10.3. The van der Waals surface area contributed by atoms with Gasteiger partial charge in [-0.3, -0.25) is 0 Å². The minimum Gasteiger partial charge on any atom is -0.0622 e. The van der Waals surface area contributed by atoms with Crippen molar-refractivity contribution in [1.82, 2.24) is 0 Å². The van der Waals surface area contributed by atoms with E-state index < -0.39 is 0 Å². The summed E-state index contributed by atoms with van der Waals surface area (Å²) < 4.78 is 0. The summed E-state index contributed by atoms with van der Waals surface area (Å²) in [5, 5.41) is 0. The van der Waals surface area contributed by atoms with Gasteiger partial charge in [-0.05, 0) is 29.5 Å². The standard InChI is InChI=1S/C21H22/c1-3-18-19(4-2)21(18)20(17-13-9-6-10-14-17)15-16-11-7-5-8-12-16/h5-15,21H,3-4H2,1-2H3/b20-15+. The van der Waals surface area contributed by atoms with E-state index in [0.717, 1.165) is 0 Å². The Morgan fingerprint density at radius 1 is 0.810 bits per heavy atom. The molecule has 106 valence electrons. The number of hydrogen-bond donors (Lipinski definition) is 0. The molecule has 0 spiro atoms. The van der Waals surface area contributed by atoms with Crippen molar-refractivity contribution in [2.75, 3.05) is 0 Å². The predicted octanol–water partition coefficient (Wildman–Crippen LogP) is 5.97.